The zero-order chi connectivity index (χ0) is 24.0. The highest BCUT2D eigenvalue weighted by molar-refractivity contribution is 5.98. The van der Waals surface area contributed by atoms with Gasteiger partial charge in [0.2, 0.25) is 6.04 Å². The quantitative estimate of drug-likeness (QED) is 0.363. The SMILES string of the molecule is COc1ccc(N(C(=O)C(F)(F)F)[C@@H](c2ccccn2)[C@@H](Cc2ccccc2)[N+](=O)[O-])cc1. The predicted molar refractivity (Wildman–Crippen MR) is 114 cm³/mol. The van der Waals surface area contributed by atoms with Gasteiger partial charge >= 0.3 is 12.1 Å². The normalized spacial score (nSPS) is 13.1. The van der Waals surface area contributed by atoms with Crippen molar-refractivity contribution in [2.45, 2.75) is 24.7 Å². The smallest absolute Gasteiger partial charge is 0.471 e. The molecule has 3 rings (SSSR count). The lowest BCUT2D eigenvalue weighted by atomic mass is 9.95. The Labute approximate surface area is 187 Å². The lowest BCUT2D eigenvalue weighted by Crippen LogP contribution is -2.50. The van der Waals surface area contributed by atoms with Crippen LogP contribution < -0.4 is 9.64 Å². The van der Waals surface area contributed by atoms with Crippen LogP contribution in [0.4, 0.5) is 18.9 Å². The number of nitro groups is 1. The van der Waals surface area contributed by atoms with Crippen LogP contribution >= 0.6 is 0 Å². The topological polar surface area (TPSA) is 85.6 Å². The van der Waals surface area contributed by atoms with Crippen molar-refractivity contribution in [2.75, 3.05) is 12.0 Å². The monoisotopic (exact) mass is 459 g/mol. The van der Waals surface area contributed by atoms with Gasteiger partial charge in [-0.25, -0.2) is 0 Å². The van der Waals surface area contributed by atoms with E-state index < -0.39 is 29.1 Å². The van der Waals surface area contributed by atoms with Crippen LogP contribution in [0.1, 0.15) is 17.3 Å². The van der Waals surface area contributed by atoms with E-state index in [-0.39, 0.29) is 17.8 Å². The zero-order valence-corrected chi connectivity index (χ0v) is 17.5. The lowest BCUT2D eigenvalue weighted by Gasteiger charge is -2.33. The van der Waals surface area contributed by atoms with Gasteiger partial charge in [-0.05, 0) is 42.0 Å². The molecule has 1 aromatic heterocycles. The summed E-state index contributed by atoms with van der Waals surface area (Å²) in [5, 5.41) is 12.2. The van der Waals surface area contributed by atoms with Gasteiger partial charge in [-0.3, -0.25) is 24.8 Å². The third-order valence-corrected chi connectivity index (χ3v) is 5.00. The first kappa shape index (κ1) is 23.7. The van der Waals surface area contributed by atoms with Gasteiger partial charge in [0, 0.05) is 23.2 Å². The molecule has 0 N–H and O–H groups in total. The van der Waals surface area contributed by atoms with E-state index in [9.17, 15) is 28.1 Å². The van der Waals surface area contributed by atoms with E-state index in [1.54, 1.807) is 30.3 Å². The number of methoxy groups -OCH3 is 1. The fourth-order valence-electron chi connectivity index (χ4n) is 3.49. The molecule has 0 radical (unpaired) electrons. The molecule has 0 spiro atoms. The van der Waals surface area contributed by atoms with E-state index >= 15 is 0 Å². The van der Waals surface area contributed by atoms with Gasteiger partial charge in [0.1, 0.15) is 11.8 Å². The standard InChI is InChI=1S/C23H20F3N3O4/c1-33-18-12-10-17(11-13-18)28(22(30)23(24,25)26)21(19-9-5-6-14-27-19)20(29(31)32)15-16-7-3-2-4-8-16/h2-14,20-21H,15H2,1H3/t20-,21+/m1/s1. The van der Waals surface area contributed by atoms with Crippen LogP contribution in [-0.4, -0.2) is 35.1 Å². The molecular formula is C23H20F3N3O4. The Morgan fingerprint density at radius 1 is 1.06 bits per heavy atom. The number of pyridine rings is 1. The van der Waals surface area contributed by atoms with Gasteiger partial charge in [0.25, 0.3) is 0 Å². The number of carbonyl (C=O) groups is 1. The number of halogens is 3. The Morgan fingerprint density at radius 3 is 2.21 bits per heavy atom. The summed E-state index contributed by atoms with van der Waals surface area (Å²) in [6.45, 7) is 0. The first-order valence-corrected chi connectivity index (χ1v) is 9.85. The minimum atomic E-state index is -5.28. The number of anilines is 1. The fourth-order valence-corrected chi connectivity index (χ4v) is 3.49. The molecule has 172 valence electrons. The van der Waals surface area contributed by atoms with Crippen LogP contribution in [0, 0.1) is 10.1 Å². The maximum absolute atomic E-state index is 13.7. The number of rotatable bonds is 8. The van der Waals surface area contributed by atoms with E-state index in [1.165, 1.54) is 55.8 Å². The molecule has 0 saturated heterocycles. The van der Waals surface area contributed by atoms with E-state index in [0.717, 1.165) is 0 Å². The van der Waals surface area contributed by atoms with Gasteiger partial charge in [-0.2, -0.15) is 13.2 Å². The third kappa shape index (κ3) is 5.65. The van der Waals surface area contributed by atoms with Gasteiger partial charge in [0.15, 0.2) is 0 Å². The number of hydrogen-bond acceptors (Lipinski definition) is 5. The second-order valence-electron chi connectivity index (χ2n) is 7.11. The second kappa shape index (κ2) is 10.1. The predicted octanol–water partition coefficient (Wildman–Crippen LogP) is 4.61. The molecule has 7 nitrogen and oxygen atoms in total. The van der Waals surface area contributed by atoms with Gasteiger partial charge in [-0.15, -0.1) is 0 Å². The molecule has 0 bridgehead atoms. The number of benzene rings is 2. The average Bonchev–Trinajstić information content (AvgIpc) is 2.81. The van der Waals surface area contributed by atoms with Crippen molar-refractivity contribution in [3.63, 3.8) is 0 Å². The van der Waals surface area contributed by atoms with Crippen LogP contribution in [0.2, 0.25) is 0 Å². The van der Waals surface area contributed by atoms with Crippen LogP contribution in [0.5, 0.6) is 5.75 Å². The molecule has 2 atom stereocenters. The molecule has 1 amide bonds. The summed E-state index contributed by atoms with van der Waals surface area (Å²) in [5.41, 5.74) is 0.325. The lowest BCUT2D eigenvalue weighted by molar-refractivity contribution is -0.526. The van der Waals surface area contributed by atoms with E-state index in [2.05, 4.69) is 4.98 Å². The molecule has 0 aliphatic carbocycles. The zero-order valence-electron chi connectivity index (χ0n) is 17.5. The summed E-state index contributed by atoms with van der Waals surface area (Å²) in [6.07, 6.45) is -4.18. The van der Waals surface area contributed by atoms with Crippen molar-refractivity contribution in [1.29, 1.82) is 0 Å². The highest BCUT2D eigenvalue weighted by Crippen LogP contribution is 2.36. The second-order valence-corrected chi connectivity index (χ2v) is 7.11. The maximum Gasteiger partial charge on any atom is 0.471 e. The first-order chi connectivity index (χ1) is 15.7. The number of aromatic nitrogens is 1. The average molecular weight is 459 g/mol. The van der Waals surface area contributed by atoms with Gasteiger partial charge < -0.3 is 4.74 Å². The molecule has 0 aliphatic rings. The Kier molecular flexibility index (Phi) is 7.27. The molecule has 0 fully saturated rings. The molecule has 2 aromatic carbocycles. The highest BCUT2D eigenvalue weighted by atomic mass is 19.4. The van der Waals surface area contributed by atoms with Crippen LogP contribution in [0.25, 0.3) is 0 Å². The van der Waals surface area contributed by atoms with Crippen LogP contribution in [0.3, 0.4) is 0 Å². The molecule has 10 heteroatoms. The summed E-state index contributed by atoms with van der Waals surface area (Å²) in [4.78, 5) is 28.6. The van der Waals surface area contributed by atoms with Crippen molar-refractivity contribution in [1.82, 2.24) is 4.98 Å². The van der Waals surface area contributed by atoms with Crippen molar-refractivity contribution < 1.29 is 27.6 Å². The molecule has 33 heavy (non-hydrogen) atoms. The van der Waals surface area contributed by atoms with Crippen molar-refractivity contribution in [2.24, 2.45) is 0 Å². The maximum atomic E-state index is 13.7. The molecular weight excluding hydrogens is 439 g/mol. The first-order valence-electron chi connectivity index (χ1n) is 9.85. The Balaban J connectivity index is 2.20. The number of amides is 1. The molecule has 0 saturated carbocycles. The van der Waals surface area contributed by atoms with Gasteiger partial charge in [-0.1, -0.05) is 36.4 Å². The molecule has 0 unspecified atom stereocenters. The number of ether oxygens (including phenoxy) is 1. The van der Waals surface area contributed by atoms with E-state index in [1.807, 2.05) is 0 Å². The van der Waals surface area contributed by atoms with E-state index in [4.69, 9.17) is 4.74 Å². The highest BCUT2D eigenvalue weighted by Gasteiger charge is 2.50. The molecule has 0 aliphatic heterocycles. The Morgan fingerprint density at radius 2 is 1.70 bits per heavy atom. The summed E-state index contributed by atoms with van der Waals surface area (Å²) in [7, 11) is 1.38. The van der Waals surface area contributed by atoms with Crippen molar-refractivity contribution in [3.05, 3.63) is 100 Å². The van der Waals surface area contributed by atoms with Crippen LogP contribution in [-0.2, 0) is 11.2 Å². The number of carbonyl (C=O) groups excluding carboxylic acids is 1. The Hall–Kier alpha value is -3.95. The largest absolute Gasteiger partial charge is 0.497 e. The fraction of sp³-hybridized carbons (Fsp3) is 0.217. The summed E-state index contributed by atoms with van der Waals surface area (Å²) < 4.78 is 46.1. The van der Waals surface area contributed by atoms with E-state index in [0.29, 0.717) is 16.2 Å². The Bertz CT molecular complexity index is 1080. The van der Waals surface area contributed by atoms with Crippen molar-refractivity contribution >= 4 is 11.6 Å². The van der Waals surface area contributed by atoms with Gasteiger partial charge in [0.05, 0.1) is 12.8 Å². The number of alkyl halides is 3. The summed E-state index contributed by atoms with van der Waals surface area (Å²) in [5.74, 6) is -1.88. The number of hydrogen-bond donors (Lipinski definition) is 0. The third-order valence-electron chi connectivity index (χ3n) is 5.00. The molecule has 3 aromatic rings. The summed E-state index contributed by atoms with van der Waals surface area (Å²) in [6, 6.07) is 14.7. The summed E-state index contributed by atoms with van der Waals surface area (Å²) >= 11 is 0. The van der Waals surface area contributed by atoms with Crippen LogP contribution in [0.15, 0.2) is 79.0 Å². The van der Waals surface area contributed by atoms with Crippen molar-refractivity contribution in [3.8, 4) is 5.75 Å². The molecule has 1 heterocycles. The minimum Gasteiger partial charge on any atom is -0.497 e. The minimum absolute atomic E-state index is 0.0384. The number of nitrogens with zero attached hydrogens (tertiary/aromatic N) is 3.